The number of hydrogen-bond donors (Lipinski definition) is 1. The van der Waals surface area contributed by atoms with Crippen molar-refractivity contribution in [1.29, 1.82) is 5.26 Å². The van der Waals surface area contributed by atoms with Crippen LogP contribution in [0, 0.1) is 17.2 Å². The van der Waals surface area contributed by atoms with E-state index in [9.17, 15) is 10.4 Å². The summed E-state index contributed by atoms with van der Waals surface area (Å²) in [7, 11) is 0. The molecule has 0 spiro atoms. The quantitative estimate of drug-likeness (QED) is 0.859. The standard InChI is InChI=1S/C15H20N2OS/c1-4-19-14-7-5-6-13(12(14)8-16)17-9-15(18,10-17)11(2)3/h5-7,11,18H,4,9-10H2,1-3H3. The van der Waals surface area contributed by atoms with Crippen molar-refractivity contribution in [1.82, 2.24) is 0 Å². The molecule has 0 aromatic heterocycles. The molecule has 1 saturated heterocycles. The summed E-state index contributed by atoms with van der Waals surface area (Å²) in [4.78, 5) is 3.13. The van der Waals surface area contributed by atoms with Gasteiger partial charge in [-0.2, -0.15) is 5.26 Å². The summed E-state index contributed by atoms with van der Waals surface area (Å²) < 4.78 is 0. The van der Waals surface area contributed by atoms with Crippen LogP contribution >= 0.6 is 11.8 Å². The molecule has 19 heavy (non-hydrogen) atoms. The van der Waals surface area contributed by atoms with E-state index < -0.39 is 5.60 Å². The molecule has 1 aliphatic rings. The maximum Gasteiger partial charge on any atom is 0.103 e. The van der Waals surface area contributed by atoms with Gasteiger partial charge in [0, 0.05) is 18.0 Å². The van der Waals surface area contributed by atoms with E-state index in [4.69, 9.17) is 0 Å². The van der Waals surface area contributed by atoms with Gasteiger partial charge in [-0.15, -0.1) is 11.8 Å². The molecule has 0 amide bonds. The maximum atomic E-state index is 10.3. The first-order chi connectivity index (χ1) is 9.01. The fourth-order valence-corrected chi connectivity index (χ4v) is 3.10. The van der Waals surface area contributed by atoms with Gasteiger partial charge in [-0.25, -0.2) is 0 Å². The molecule has 1 aromatic carbocycles. The zero-order valence-corrected chi connectivity index (χ0v) is 12.5. The zero-order valence-electron chi connectivity index (χ0n) is 11.7. The second-order valence-corrected chi connectivity index (χ2v) is 6.62. The molecule has 2 rings (SSSR count). The zero-order chi connectivity index (χ0) is 14.0. The minimum absolute atomic E-state index is 0.238. The summed E-state index contributed by atoms with van der Waals surface area (Å²) in [5, 5.41) is 19.7. The highest BCUT2D eigenvalue weighted by Gasteiger charge is 2.44. The van der Waals surface area contributed by atoms with Gasteiger partial charge >= 0.3 is 0 Å². The van der Waals surface area contributed by atoms with Crippen molar-refractivity contribution in [3.8, 4) is 6.07 Å². The Morgan fingerprint density at radius 2 is 2.16 bits per heavy atom. The Kier molecular flexibility index (Phi) is 4.07. The Balaban J connectivity index is 2.24. The first-order valence-corrected chi connectivity index (χ1v) is 7.63. The van der Waals surface area contributed by atoms with Crippen LogP contribution in [0.3, 0.4) is 0 Å². The highest BCUT2D eigenvalue weighted by atomic mass is 32.2. The minimum Gasteiger partial charge on any atom is -0.386 e. The fourth-order valence-electron chi connectivity index (χ4n) is 2.32. The summed E-state index contributed by atoms with van der Waals surface area (Å²) in [6.07, 6.45) is 0. The predicted molar refractivity (Wildman–Crippen MR) is 79.6 cm³/mol. The van der Waals surface area contributed by atoms with E-state index in [1.165, 1.54) is 0 Å². The Bertz CT molecular complexity index is 501. The van der Waals surface area contributed by atoms with Gasteiger partial charge in [-0.3, -0.25) is 0 Å². The number of rotatable bonds is 4. The number of β-amino-alcohol motifs (C(OH)–C–C–N with tert-alkyl or cyclic N) is 1. The van der Waals surface area contributed by atoms with E-state index in [-0.39, 0.29) is 5.92 Å². The molecule has 0 bridgehead atoms. The topological polar surface area (TPSA) is 47.3 Å². The van der Waals surface area contributed by atoms with Crippen molar-refractivity contribution in [2.24, 2.45) is 5.92 Å². The molecule has 1 aliphatic heterocycles. The second-order valence-electron chi connectivity index (χ2n) is 5.31. The van der Waals surface area contributed by atoms with Crippen molar-refractivity contribution in [3.05, 3.63) is 23.8 Å². The molecule has 0 saturated carbocycles. The van der Waals surface area contributed by atoms with Crippen LogP contribution in [0.15, 0.2) is 23.1 Å². The Morgan fingerprint density at radius 1 is 1.47 bits per heavy atom. The van der Waals surface area contributed by atoms with Gasteiger partial charge in [0.2, 0.25) is 0 Å². The average Bonchev–Trinajstić information content (AvgIpc) is 2.35. The predicted octanol–water partition coefficient (Wildman–Crippen LogP) is 2.88. The van der Waals surface area contributed by atoms with Gasteiger partial charge in [0.1, 0.15) is 11.7 Å². The molecule has 3 nitrogen and oxygen atoms in total. The van der Waals surface area contributed by atoms with Gasteiger partial charge in [-0.05, 0) is 23.8 Å². The van der Waals surface area contributed by atoms with Crippen molar-refractivity contribution < 1.29 is 5.11 Å². The smallest absolute Gasteiger partial charge is 0.103 e. The number of hydrogen-bond acceptors (Lipinski definition) is 4. The number of anilines is 1. The number of aliphatic hydroxyl groups is 1. The van der Waals surface area contributed by atoms with Crippen LogP contribution in [0.4, 0.5) is 5.69 Å². The molecule has 1 aromatic rings. The normalized spacial score (nSPS) is 17.2. The lowest BCUT2D eigenvalue weighted by Gasteiger charge is -2.50. The van der Waals surface area contributed by atoms with Crippen LogP contribution in [0.5, 0.6) is 0 Å². The molecule has 1 fully saturated rings. The average molecular weight is 276 g/mol. The van der Waals surface area contributed by atoms with E-state index in [0.29, 0.717) is 13.1 Å². The lowest BCUT2D eigenvalue weighted by molar-refractivity contribution is -0.0300. The summed E-state index contributed by atoms with van der Waals surface area (Å²) in [5.41, 5.74) is 1.08. The van der Waals surface area contributed by atoms with Gasteiger partial charge in [0.25, 0.3) is 0 Å². The summed E-state index contributed by atoms with van der Waals surface area (Å²) in [6.45, 7) is 7.37. The lowest BCUT2D eigenvalue weighted by Crippen LogP contribution is -2.65. The van der Waals surface area contributed by atoms with Crippen LogP contribution in [0.1, 0.15) is 26.3 Å². The Hall–Kier alpha value is -1.18. The van der Waals surface area contributed by atoms with Crippen molar-refractivity contribution in [2.75, 3.05) is 23.7 Å². The summed E-state index contributed by atoms with van der Waals surface area (Å²) >= 11 is 1.69. The molecule has 0 radical (unpaired) electrons. The molecular formula is C15H20N2OS. The van der Waals surface area contributed by atoms with E-state index in [1.807, 2.05) is 32.0 Å². The number of nitrogens with zero attached hydrogens (tertiary/aromatic N) is 2. The van der Waals surface area contributed by atoms with Gasteiger partial charge < -0.3 is 10.0 Å². The van der Waals surface area contributed by atoms with E-state index >= 15 is 0 Å². The van der Waals surface area contributed by atoms with Crippen molar-refractivity contribution in [3.63, 3.8) is 0 Å². The first kappa shape index (κ1) is 14.2. The first-order valence-electron chi connectivity index (χ1n) is 6.65. The number of thioether (sulfide) groups is 1. The largest absolute Gasteiger partial charge is 0.386 e. The third-order valence-electron chi connectivity index (χ3n) is 3.76. The number of nitriles is 1. The molecular weight excluding hydrogens is 256 g/mol. The van der Waals surface area contributed by atoms with Gasteiger partial charge in [0.05, 0.1) is 11.3 Å². The fraction of sp³-hybridized carbons (Fsp3) is 0.533. The molecule has 102 valence electrons. The minimum atomic E-state index is -0.610. The van der Waals surface area contributed by atoms with Crippen LogP contribution in [-0.2, 0) is 0 Å². The third-order valence-corrected chi connectivity index (χ3v) is 4.70. The van der Waals surface area contributed by atoms with Crippen molar-refractivity contribution >= 4 is 17.4 Å². The molecule has 0 atom stereocenters. The highest BCUT2D eigenvalue weighted by Crippen LogP contribution is 2.37. The van der Waals surface area contributed by atoms with E-state index in [1.54, 1.807) is 11.8 Å². The van der Waals surface area contributed by atoms with Crippen LogP contribution < -0.4 is 4.90 Å². The second kappa shape index (κ2) is 5.44. The Labute approximate surface area is 119 Å². The summed E-state index contributed by atoms with van der Waals surface area (Å²) in [6, 6.07) is 8.26. The molecule has 0 aliphatic carbocycles. The molecule has 4 heteroatoms. The Morgan fingerprint density at radius 3 is 2.68 bits per heavy atom. The monoisotopic (exact) mass is 276 g/mol. The van der Waals surface area contributed by atoms with Crippen LogP contribution in [0.25, 0.3) is 0 Å². The molecule has 0 unspecified atom stereocenters. The number of benzene rings is 1. The highest BCUT2D eigenvalue weighted by molar-refractivity contribution is 7.99. The van der Waals surface area contributed by atoms with Crippen molar-refractivity contribution in [2.45, 2.75) is 31.3 Å². The van der Waals surface area contributed by atoms with Crippen LogP contribution in [0.2, 0.25) is 0 Å². The molecule has 1 heterocycles. The lowest BCUT2D eigenvalue weighted by atomic mass is 9.82. The SMILES string of the molecule is CCSc1cccc(N2CC(O)(C(C)C)C2)c1C#N. The van der Waals surface area contributed by atoms with Gasteiger partial charge in [-0.1, -0.05) is 26.8 Å². The van der Waals surface area contributed by atoms with Gasteiger partial charge in [0.15, 0.2) is 0 Å². The maximum absolute atomic E-state index is 10.3. The molecule has 1 N–H and O–H groups in total. The van der Waals surface area contributed by atoms with E-state index in [0.717, 1.165) is 21.9 Å². The summed E-state index contributed by atoms with van der Waals surface area (Å²) in [5.74, 6) is 1.19. The third kappa shape index (κ3) is 2.58. The van der Waals surface area contributed by atoms with E-state index in [2.05, 4.69) is 17.9 Å². The van der Waals surface area contributed by atoms with Crippen LogP contribution in [-0.4, -0.2) is 29.5 Å².